The Morgan fingerprint density at radius 3 is 2.17 bits per heavy atom. The first-order valence-corrected chi connectivity index (χ1v) is 13.3. The van der Waals surface area contributed by atoms with Crippen molar-refractivity contribution in [2.45, 2.75) is 83.7 Å². The molecule has 1 fully saturated rings. The predicted octanol–water partition coefficient (Wildman–Crippen LogP) is 10.5. The second-order valence-electron chi connectivity index (χ2n) is 10.4. The molecule has 1 aliphatic carbocycles. The number of aryl methyl sites for hydroxylation is 1. The Labute approximate surface area is 210 Å². The summed E-state index contributed by atoms with van der Waals surface area (Å²) >= 11 is 0. The van der Waals surface area contributed by atoms with Crippen LogP contribution in [0.2, 0.25) is 0 Å². The van der Waals surface area contributed by atoms with Gasteiger partial charge in [0.25, 0.3) is 0 Å². The number of fused-ring (bicyclic) bond motifs is 1. The van der Waals surface area contributed by atoms with Crippen LogP contribution < -0.4 is 0 Å². The Morgan fingerprint density at radius 1 is 0.778 bits per heavy atom. The second-order valence-corrected chi connectivity index (χ2v) is 10.4. The first-order valence-electron chi connectivity index (χ1n) is 13.3. The van der Waals surface area contributed by atoms with Crippen molar-refractivity contribution < 1.29 is 22.0 Å². The molecular formula is C31H35F5. The van der Waals surface area contributed by atoms with Crippen LogP contribution in [0.4, 0.5) is 22.0 Å². The maximum atomic E-state index is 15.3. The molecule has 0 radical (unpaired) electrons. The number of unbranched alkanes of at least 4 members (excludes halogenated alkanes) is 3. The molecule has 0 aromatic heterocycles. The third-order valence-electron chi connectivity index (χ3n) is 7.88. The molecule has 0 aliphatic heterocycles. The standard InChI is InChI=1S/C31H35F5/c1-2-3-4-5-6-21-7-9-22(10-8-21)11-12-23-13-16-26-24(19-23)14-17-27(30(26)33)25-15-18-28(29(32)20-25)31(34,35)36/h13-22H,2-12H2,1H3. The van der Waals surface area contributed by atoms with Crippen LogP contribution >= 0.6 is 0 Å². The Balaban J connectivity index is 1.38. The van der Waals surface area contributed by atoms with Gasteiger partial charge in [-0.05, 0) is 53.3 Å². The molecule has 0 unspecified atom stereocenters. The van der Waals surface area contributed by atoms with Gasteiger partial charge >= 0.3 is 6.18 Å². The molecular weight excluding hydrogens is 467 g/mol. The third-order valence-corrected chi connectivity index (χ3v) is 7.88. The molecule has 0 heterocycles. The minimum atomic E-state index is -4.78. The van der Waals surface area contributed by atoms with E-state index in [-0.39, 0.29) is 11.1 Å². The van der Waals surface area contributed by atoms with E-state index in [1.807, 2.05) is 12.1 Å². The van der Waals surface area contributed by atoms with Crippen LogP contribution in [0.15, 0.2) is 48.5 Å². The number of benzene rings is 3. The summed E-state index contributed by atoms with van der Waals surface area (Å²) in [5.41, 5.74) is -0.00580. The van der Waals surface area contributed by atoms with Gasteiger partial charge in [0.2, 0.25) is 0 Å². The summed E-state index contributed by atoms with van der Waals surface area (Å²) in [7, 11) is 0. The van der Waals surface area contributed by atoms with Gasteiger partial charge in [0.1, 0.15) is 11.6 Å². The molecule has 5 heteroatoms. The molecule has 3 aromatic carbocycles. The van der Waals surface area contributed by atoms with Crippen molar-refractivity contribution in [3.8, 4) is 11.1 Å². The Morgan fingerprint density at radius 2 is 1.50 bits per heavy atom. The Kier molecular flexibility index (Phi) is 8.69. The van der Waals surface area contributed by atoms with E-state index in [1.54, 1.807) is 12.1 Å². The van der Waals surface area contributed by atoms with Gasteiger partial charge in [-0.1, -0.05) is 101 Å². The zero-order valence-corrected chi connectivity index (χ0v) is 20.9. The fourth-order valence-electron chi connectivity index (χ4n) is 5.67. The lowest BCUT2D eigenvalue weighted by molar-refractivity contribution is -0.139. The second kappa shape index (κ2) is 11.7. The molecule has 1 saturated carbocycles. The highest BCUT2D eigenvalue weighted by Gasteiger charge is 2.34. The van der Waals surface area contributed by atoms with E-state index < -0.39 is 23.4 Å². The van der Waals surface area contributed by atoms with Crippen LogP contribution in [-0.2, 0) is 12.6 Å². The van der Waals surface area contributed by atoms with Crippen LogP contribution in [0.5, 0.6) is 0 Å². The third kappa shape index (κ3) is 6.46. The summed E-state index contributed by atoms with van der Waals surface area (Å²) in [6.45, 7) is 2.25. The lowest BCUT2D eigenvalue weighted by Gasteiger charge is -2.28. The monoisotopic (exact) mass is 502 g/mol. The maximum absolute atomic E-state index is 15.3. The molecule has 3 aromatic rings. The van der Waals surface area contributed by atoms with Crippen molar-refractivity contribution in [3.05, 3.63) is 71.3 Å². The number of hydrogen-bond donors (Lipinski definition) is 0. The van der Waals surface area contributed by atoms with Crippen molar-refractivity contribution in [2.75, 3.05) is 0 Å². The van der Waals surface area contributed by atoms with Gasteiger partial charge < -0.3 is 0 Å². The van der Waals surface area contributed by atoms with Crippen LogP contribution in [0.3, 0.4) is 0 Å². The summed E-state index contributed by atoms with van der Waals surface area (Å²) in [5.74, 6) is -0.300. The van der Waals surface area contributed by atoms with E-state index in [1.165, 1.54) is 63.9 Å². The molecule has 0 spiro atoms. The molecule has 0 N–H and O–H groups in total. The van der Waals surface area contributed by atoms with E-state index in [9.17, 15) is 17.6 Å². The van der Waals surface area contributed by atoms with Gasteiger partial charge in [0.05, 0.1) is 5.56 Å². The largest absolute Gasteiger partial charge is 0.419 e. The number of hydrogen-bond acceptors (Lipinski definition) is 0. The normalized spacial score (nSPS) is 18.6. The summed E-state index contributed by atoms with van der Waals surface area (Å²) in [6.07, 6.45) is 9.33. The minimum absolute atomic E-state index is 0.0879. The highest BCUT2D eigenvalue weighted by molar-refractivity contribution is 5.88. The van der Waals surface area contributed by atoms with Crippen molar-refractivity contribution in [1.82, 2.24) is 0 Å². The Hall–Kier alpha value is -2.43. The number of halogens is 5. The molecule has 1 aliphatic rings. The van der Waals surface area contributed by atoms with Crippen LogP contribution in [0.25, 0.3) is 21.9 Å². The van der Waals surface area contributed by atoms with Crippen LogP contribution in [-0.4, -0.2) is 0 Å². The molecule has 4 rings (SSSR count). The van der Waals surface area contributed by atoms with Gasteiger partial charge in [-0.3, -0.25) is 0 Å². The molecule has 0 bridgehead atoms. The minimum Gasteiger partial charge on any atom is -0.206 e. The van der Waals surface area contributed by atoms with Crippen LogP contribution in [0, 0.1) is 23.5 Å². The van der Waals surface area contributed by atoms with Gasteiger partial charge in [0.15, 0.2) is 0 Å². The highest BCUT2D eigenvalue weighted by atomic mass is 19.4. The molecule has 0 saturated heterocycles. The quantitative estimate of drug-likeness (QED) is 0.202. The molecule has 36 heavy (non-hydrogen) atoms. The average Bonchev–Trinajstić information content (AvgIpc) is 2.85. The van der Waals surface area contributed by atoms with Crippen LogP contribution in [0.1, 0.15) is 82.3 Å². The first kappa shape index (κ1) is 26.6. The molecule has 0 nitrogen and oxygen atoms in total. The van der Waals surface area contributed by atoms with Gasteiger partial charge in [-0.15, -0.1) is 0 Å². The topological polar surface area (TPSA) is 0 Å². The number of rotatable bonds is 9. The molecule has 194 valence electrons. The lowest BCUT2D eigenvalue weighted by Crippen LogP contribution is -2.15. The molecule has 0 atom stereocenters. The average molecular weight is 503 g/mol. The summed E-state index contributed by atoms with van der Waals surface area (Å²) < 4.78 is 67.9. The van der Waals surface area contributed by atoms with Crippen molar-refractivity contribution in [1.29, 1.82) is 0 Å². The van der Waals surface area contributed by atoms with Gasteiger partial charge in [0, 0.05) is 10.9 Å². The zero-order chi connectivity index (χ0) is 25.7. The van der Waals surface area contributed by atoms with E-state index in [0.717, 1.165) is 47.8 Å². The molecule has 0 amide bonds. The lowest BCUT2D eigenvalue weighted by atomic mass is 9.77. The fraction of sp³-hybridized carbons (Fsp3) is 0.484. The zero-order valence-electron chi connectivity index (χ0n) is 20.9. The first-order chi connectivity index (χ1) is 17.3. The summed E-state index contributed by atoms with van der Waals surface area (Å²) in [6, 6.07) is 11.5. The van der Waals surface area contributed by atoms with Gasteiger partial charge in [-0.25, -0.2) is 8.78 Å². The summed E-state index contributed by atoms with van der Waals surface area (Å²) in [5, 5.41) is 1.14. The van der Waals surface area contributed by atoms with E-state index >= 15 is 4.39 Å². The summed E-state index contributed by atoms with van der Waals surface area (Å²) in [4.78, 5) is 0. The maximum Gasteiger partial charge on any atom is 0.419 e. The SMILES string of the molecule is CCCCCCC1CCC(CCc2ccc3c(F)c(-c4ccc(C(F)(F)F)c(F)c4)ccc3c2)CC1. The number of alkyl halides is 3. The highest BCUT2D eigenvalue weighted by Crippen LogP contribution is 2.37. The predicted molar refractivity (Wildman–Crippen MR) is 137 cm³/mol. The van der Waals surface area contributed by atoms with Gasteiger partial charge in [-0.2, -0.15) is 13.2 Å². The van der Waals surface area contributed by atoms with Crippen molar-refractivity contribution in [2.24, 2.45) is 11.8 Å². The van der Waals surface area contributed by atoms with E-state index in [0.29, 0.717) is 11.5 Å². The Bertz CT molecular complexity index is 1160. The van der Waals surface area contributed by atoms with Crippen molar-refractivity contribution >= 4 is 10.8 Å². The van der Waals surface area contributed by atoms with E-state index in [2.05, 4.69) is 6.92 Å². The smallest absolute Gasteiger partial charge is 0.206 e. The van der Waals surface area contributed by atoms with Crippen molar-refractivity contribution in [3.63, 3.8) is 0 Å². The van der Waals surface area contributed by atoms with E-state index in [4.69, 9.17) is 0 Å². The fourth-order valence-corrected chi connectivity index (χ4v) is 5.67.